The molecule has 0 saturated heterocycles. The van der Waals surface area contributed by atoms with Crippen LogP contribution in [0.4, 0.5) is 0 Å². The van der Waals surface area contributed by atoms with E-state index in [1.807, 2.05) is 19.9 Å². The Hall–Kier alpha value is -3.45. The summed E-state index contributed by atoms with van der Waals surface area (Å²) in [6.07, 6.45) is 1.14. The number of fused-ring (bicyclic) bond motifs is 2. The minimum absolute atomic E-state index is 0.00517. The highest BCUT2D eigenvalue weighted by Crippen LogP contribution is 2.42. The van der Waals surface area contributed by atoms with Crippen molar-refractivity contribution in [3.05, 3.63) is 57.3 Å². The molecule has 31 heavy (non-hydrogen) atoms. The van der Waals surface area contributed by atoms with Crippen LogP contribution in [0.25, 0.3) is 21.9 Å². The standard InChI is InChI=1S/C24H26O7/c1-11(2)6-7-13-8-15-22(29)19-18(31-23(15)24(30-5)20(13)27)10-17(26)14(21(19)28)9-16(25)12(3)4/h6,8,10,16,25-28H,3,7,9H2,1-2,4-5H3/t16-/m0/s1. The number of phenols is 3. The van der Waals surface area contributed by atoms with Crippen molar-refractivity contribution in [2.45, 2.75) is 39.7 Å². The van der Waals surface area contributed by atoms with Gasteiger partial charge < -0.3 is 29.6 Å². The zero-order valence-corrected chi connectivity index (χ0v) is 17.9. The van der Waals surface area contributed by atoms with Gasteiger partial charge in [0.1, 0.15) is 22.5 Å². The van der Waals surface area contributed by atoms with Crippen LogP contribution < -0.4 is 10.2 Å². The molecule has 3 rings (SSSR count). The normalized spacial score (nSPS) is 12.2. The Morgan fingerprint density at radius 1 is 1.19 bits per heavy atom. The minimum Gasteiger partial charge on any atom is -0.507 e. The first-order valence-electron chi connectivity index (χ1n) is 9.76. The van der Waals surface area contributed by atoms with E-state index in [2.05, 4.69) is 6.58 Å². The van der Waals surface area contributed by atoms with Gasteiger partial charge in [0.15, 0.2) is 11.3 Å². The van der Waals surface area contributed by atoms with Crippen LogP contribution in [0.1, 0.15) is 31.9 Å². The van der Waals surface area contributed by atoms with Crippen LogP contribution >= 0.6 is 0 Å². The molecule has 3 aromatic rings. The molecule has 2 aromatic carbocycles. The molecular weight excluding hydrogens is 400 g/mol. The number of benzene rings is 2. The largest absolute Gasteiger partial charge is 0.507 e. The van der Waals surface area contributed by atoms with Crippen molar-refractivity contribution in [3.8, 4) is 23.0 Å². The van der Waals surface area contributed by atoms with E-state index in [-0.39, 0.29) is 51.2 Å². The maximum Gasteiger partial charge on any atom is 0.204 e. The van der Waals surface area contributed by atoms with Crippen LogP contribution in [0, 0.1) is 0 Å². The van der Waals surface area contributed by atoms with Gasteiger partial charge in [0, 0.05) is 23.6 Å². The van der Waals surface area contributed by atoms with Crippen molar-refractivity contribution in [1.82, 2.24) is 0 Å². The third-order valence-corrected chi connectivity index (χ3v) is 5.22. The third kappa shape index (κ3) is 3.96. The molecule has 1 heterocycles. The molecule has 0 radical (unpaired) electrons. The van der Waals surface area contributed by atoms with E-state index in [1.165, 1.54) is 19.2 Å². The molecule has 7 nitrogen and oxygen atoms in total. The predicted octanol–water partition coefficient (Wildman–Crippen LogP) is 4.06. The van der Waals surface area contributed by atoms with Crippen LogP contribution in [0.5, 0.6) is 23.0 Å². The number of hydrogen-bond acceptors (Lipinski definition) is 7. The van der Waals surface area contributed by atoms with Gasteiger partial charge in [-0.1, -0.05) is 23.8 Å². The summed E-state index contributed by atoms with van der Waals surface area (Å²) < 4.78 is 11.1. The molecule has 0 aliphatic rings. The Balaban J connectivity index is 2.37. The molecule has 0 amide bonds. The molecule has 0 spiro atoms. The van der Waals surface area contributed by atoms with Gasteiger partial charge in [-0.05, 0) is 33.3 Å². The van der Waals surface area contributed by atoms with Crippen molar-refractivity contribution in [1.29, 1.82) is 0 Å². The number of phenolic OH excluding ortho intramolecular Hbond substituents is 3. The lowest BCUT2D eigenvalue weighted by molar-refractivity contribution is 0.209. The quantitative estimate of drug-likeness (QED) is 0.346. The molecule has 0 aliphatic carbocycles. The number of allylic oxidation sites excluding steroid dienone is 2. The van der Waals surface area contributed by atoms with Crippen LogP contribution in [0.2, 0.25) is 0 Å². The molecule has 1 aromatic heterocycles. The van der Waals surface area contributed by atoms with Gasteiger partial charge in [0.25, 0.3) is 0 Å². The van der Waals surface area contributed by atoms with E-state index in [0.717, 1.165) is 5.57 Å². The molecule has 164 valence electrons. The topological polar surface area (TPSA) is 120 Å². The number of aliphatic hydroxyl groups excluding tert-OH is 1. The summed E-state index contributed by atoms with van der Waals surface area (Å²) >= 11 is 0. The number of methoxy groups -OCH3 is 1. The lowest BCUT2D eigenvalue weighted by Gasteiger charge is -2.15. The number of rotatable bonds is 6. The maximum atomic E-state index is 13.3. The third-order valence-electron chi connectivity index (χ3n) is 5.22. The summed E-state index contributed by atoms with van der Waals surface area (Å²) in [7, 11) is 1.35. The first-order valence-corrected chi connectivity index (χ1v) is 9.76. The Labute approximate surface area is 179 Å². The second-order valence-corrected chi connectivity index (χ2v) is 7.87. The van der Waals surface area contributed by atoms with E-state index in [0.29, 0.717) is 17.6 Å². The van der Waals surface area contributed by atoms with Gasteiger partial charge in [-0.25, -0.2) is 0 Å². The molecule has 0 saturated carbocycles. The summed E-state index contributed by atoms with van der Waals surface area (Å²) in [5.41, 5.74) is 1.37. The van der Waals surface area contributed by atoms with E-state index in [1.54, 1.807) is 6.92 Å². The van der Waals surface area contributed by atoms with E-state index >= 15 is 0 Å². The monoisotopic (exact) mass is 426 g/mol. The summed E-state index contributed by atoms with van der Waals surface area (Å²) in [6, 6.07) is 2.70. The molecule has 4 N–H and O–H groups in total. The first-order chi connectivity index (χ1) is 14.6. The molecule has 1 atom stereocenters. The second-order valence-electron chi connectivity index (χ2n) is 7.87. The molecule has 0 aliphatic heterocycles. The number of hydrogen-bond donors (Lipinski definition) is 4. The molecule has 0 fully saturated rings. The van der Waals surface area contributed by atoms with E-state index in [9.17, 15) is 25.2 Å². The van der Waals surface area contributed by atoms with Crippen molar-refractivity contribution in [2.75, 3.05) is 7.11 Å². The van der Waals surface area contributed by atoms with Gasteiger partial charge in [-0.15, -0.1) is 0 Å². The first kappa shape index (κ1) is 22.2. The number of aromatic hydroxyl groups is 3. The van der Waals surface area contributed by atoms with Crippen LogP contribution in [-0.4, -0.2) is 33.6 Å². The Bertz CT molecular complexity index is 1280. The van der Waals surface area contributed by atoms with Crippen molar-refractivity contribution >= 4 is 21.9 Å². The lowest BCUT2D eigenvalue weighted by atomic mass is 9.98. The highest BCUT2D eigenvalue weighted by molar-refractivity contribution is 5.98. The molecule has 0 bridgehead atoms. The van der Waals surface area contributed by atoms with Gasteiger partial charge in [0.05, 0.1) is 18.6 Å². The van der Waals surface area contributed by atoms with Gasteiger partial charge in [-0.3, -0.25) is 4.79 Å². The van der Waals surface area contributed by atoms with Crippen molar-refractivity contribution < 1.29 is 29.6 Å². The number of ether oxygens (including phenoxy) is 1. The summed E-state index contributed by atoms with van der Waals surface area (Å²) in [6.45, 7) is 9.12. The minimum atomic E-state index is -1.01. The van der Waals surface area contributed by atoms with Gasteiger partial charge >= 0.3 is 0 Å². The maximum absolute atomic E-state index is 13.3. The van der Waals surface area contributed by atoms with Gasteiger partial charge in [0.2, 0.25) is 11.2 Å². The second kappa shape index (κ2) is 8.35. The van der Waals surface area contributed by atoms with Crippen LogP contribution in [0.3, 0.4) is 0 Å². The zero-order chi connectivity index (χ0) is 23.0. The summed E-state index contributed by atoms with van der Waals surface area (Å²) in [5, 5.41) is 41.9. The predicted molar refractivity (Wildman–Crippen MR) is 119 cm³/mol. The van der Waals surface area contributed by atoms with Gasteiger partial charge in [-0.2, -0.15) is 0 Å². The highest BCUT2D eigenvalue weighted by atomic mass is 16.5. The molecule has 0 unspecified atom stereocenters. The van der Waals surface area contributed by atoms with E-state index in [4.69, 9.17) is 9.15 Å². The summed E-state index contributed by atoms with van der Waals surface area (Å²) in [4.78, 5) is 13.3. The average molecular weight is 426 g/mol. The highest BCUT2D eigenvalue weighted by Gasteiger charge is 2.24. The van der Waals surface area contributed by atoms with Crippen molar-refractivity contribution in [3.63, 3.8) is 0 Å². The fourth-order valence-corrected chi connectivity index (χ4v) is 3.40. The summed E-state index contributed by atoms with van der Waals surface area (Å²) in [5.74, 6) is -0.959. The Morgan fingerprint density at radius 3 is 2.45 bits per heavy atom. The fourth-order valence-electron chi connectivity index (χ4n) is 3.40. The number of aliphatic hydroxyl groups is 1. The fraction of sp³-hybridized carbons (Fsp3) is 0.292. The zero-order valence-electron chi connectivity index (χ0n) is 17.9. The lowest BCUT2D eigenvalue weighted by Crippen LogP contribution is -2.12. The Kier molecular flexibility index (Phi) is 5.99. The molecule has 7 heteroatoms. The van der Waals surface area contributed by atoms with Crippen LogP contribution in [-0.2, 0) is 12.8 Å². The Morgan fingerprint density at radius 2 is 1.87 bits per heavy atom. The van der Waals surface area contributed by atoms with Crippen LogP contribution in [0.15, 0.2) is 45.1 Å². The SMILES string of the molecule is C=C(C)[C@@H](O)Cc1c(O)cc2oc3c(OC)c(O)c(CC=C(C)C)cc3c(=O)c2c1O. The molecular formula is C24H26O7. The van der Waals surface area contributed by atoms with E-state index < -0.39 is 17.3 Å². The average Bonchev–Trinajstić information content (AvgIpc) is 2.69. The smallest absolute Gasteiger partial charge is 0.204 e. The van der Waals surface area contributed by atoms with Crippen molar-refractivity contribution in [2.24, 2.45) is 0 Å².